The molecule has 1 aromatic carbocycles. The lowest BCUT2D eigenvalue weighted by Gasteiger charge is -2.31. The van der Waals surface area contributed by atoms with Crippen molar-refractivity contribution in [2.75, 3.05) is 43.4 Å². The van der Waals surface area contributed by atoms with Gasteiger partial charge in [-0.15, -0.1) is 0 Å². The van der Waals surface area contributed by atoms with Crippen molar-refractivity contribution in [3.63, 3.8) is 0 Å². The number of anilines is 1. The molecule has 0 spiro atoms. The first-order valence-corrected chi connectivity index (χ1v) is 12.7. The summed E-state index contributed by atoms with van der Waals surface area (Å²) in [5.41, 5.74) is 5.94. The van der Waals surface area contributed by atoms with Crippen molar-refractivity contribution in [1.82, 2.24) is 14.3 Å². The van der Waals surface area contributed by atoms with Gasteiger partial charge >= 0.3 is 0 Å². The van der Waals surface area contributed by atoms with Crippen LogP contribution in [0.25, 0.3) is 0 Å². The highest BCUT2D eigenvalue weighted by Gasteiger charge is 2.22. The van der Waals surface area contributed by atoms with Gasteiger partial charge in [-0.25, -0.2) is 23.1 Å². The molecular weight excluding hydrogens is 463 g/mol. The summed E-state index contributed by atoms with van der Waals surface area (Å²) >= 11 is 1.99. The van der Waals surface area contributed by atoms with Crippen LogP contribution in [0.15, 0.2) is 30.6 Å². The van der Waals surface area contributed by atoms with E-state index in [-0.39, 0.29) is 6.04 Å². The minimum atomic E-state index is -1.16. The number of nitrogens with two attached hydrogens (primary N) is 1. The number of benzene rings is 1. The van der Waals surface area contributed by atoms with Gasteiger partial charge in [0.05, 0.1) is 19.0 Å². The Labute approximate surface area is 204 Å². The summed E-state index contributed by atoms with van der Waals surface area (Å²) in [6.07, 6.45) is 7.00. The molecule has 2 aromatic rings. The van der Waals surface area contributed by atoms with Gasteiger partial charge in [-0.1, -0.05) is 25.8 Å². The number of rotatable bonds is 7. The molecule has 1 atom stereocenters. The van der Waals surface area contributed by atoms with Gasteiger partial charge in [-0.2, -0.15) is 0 Å². The second-order valence-corrected chi connectivity index (χ2v) is 10.3. The summed E-state index contributed by atoms with van der Waals surface area (Å²) in [5, 5.41) is 0. The molecule has 2 aliphatic rings. The molecule has 2 N–H and O–H groups in total. The van der Waals surface area contributed by atoms with Gasteiger partial charge in [0.15, 0.2) is 17.4 Å². The smallest absolute Gasteiger partial charge is 0.225 e. The molecule has 0 bridgehead atoms. The van der Waals surface area contributed by atoms with Crippen LogP contribution in [-0.2, 0) is 0 Å². The summed E-state index contributed by atoms with van der Waals surface area (Å²) in [6.45, 7) is 9.42. The van der Waals surface area contributed by atoms with Crippen molar-refractivity contribution in [2.45, 2.75) is 39.2 Å². The number of halogens is 3. The normalized spacial score (nSPS) is 19.3. The lowest BCUT2D eigenvalue weighted by molar-refractivity contribution is 0.189. The number of ether oxygens (including phenoxy) is 1. The average molecular weight is 498 g/mol. The molecule has 3 heterocycles. The molecule has 0 aliphatic carbocycles. The van der Waals surface area contributed by atoms with Crippen molar-refractivity contribution in [2.24, 2.45) is 17.6 Å². The fourth-order valence-electron chi connectivity index (χ4n) is 3.66. The maximum absolute atomic E-state index is 12.0. The topological polar surface area (TPSA) is 67.5 Å². The van der Waals surface area contributed by atoms with E-state index in [0.717, 1.165) is 69.0 Å². The summed E-state index contributed by atoms with van der Waals surface area (Å²) < 4.78 is 44.3. The first-order chi connectivity index (χ1) is 16.3. The minimum absolute atomic E-state index is 0.240. The molecule has 2 saturated heterocycles. The molecular formula is C24H34F3N5OS. The molecule has 0 radical (unpaired) electrons. The molecule has 4 rings (SSSR count). The lowest BCUT2D eigenvalue weighted by Crippen LogP contribution is -2.31. The third kappa shape index (κ3) is 8.63. The first kappa shape index (κ1) is 26.6. The zero-order chi connectivity index (χ0) is 24.5. The Morgan fingerprint density at radius 2 is 1.76 bits per heavy atom. The van der Waals surface area contributed by atoms with Crippen molar-refractivity contribution < 1.29 is 17.9 Å². The molecule has 2 aliphatic heterocycles. The van der Waals surface area contributed by atoms with Crippen LogP contribution in [0.4, 0.5) is 19.1 Å². The van der Waals surface area contributed by atoms with E-state index in [4.69, 9.17) is 10.5 Å². The quantitative estimate of drug-likeness (QED) is 0.446. The molecule has 1 unspecified atom stereocenters. The third-order valence-corrected chi connectivity index (χ3v) is 7.20. The van der Waals surface area contributed by atoms with Gasteiger partial charge in [0.2, 0.25) is 5.95 Å². The molecule has 6 nitrogen and oxygen atoms in total. The molecule has 10 heteroatoms. The van der Waals surface area contributed by atoms with E-state index in [0.29, 0.717) is 12.0 Å². The van der Waals surface area contributed by atoms with E-state index in [1.807, 2.05) is 11.9 Å². The monoisotopic (exact) mass is 497 g/mol. The Morgan fingerprint density at radius 1 is 1.06 bits per heavy atom. The molecule has 2 fully saturated rings. The fraction of sp³-hybridized carbons (Fsp3) is 0.583. The Kier molecular flexibility index (Phi) is 10.3. The van der Waals surface area contributed by atoms with Crippen LogP contribution in [0.5, 0.6) is 5.75 Å². The van der Waals surface area contributed by atoms with Crippen molar-refractivity contribution in [3.8, 4) is 5.75 Å². The van der Waals surface area contributed by atoms with Gasteiger partial charge in [-0.05, 0) is 43.2 Å². The lowest BCUT2D eigenvalue weighted by atomic mass is 9.99. The van der Waals surface area contributed by atoms with Crippen LogP contribution in [0.2, 0.25) is 0 Å². The number of nitrogens with zero attached hydrogens (tertiary/aromatic N) is 4. The SMILES string of the molecule is CC(C)CSN1CCC(COc2cnc(N3CCC(N)C3)nc2)CC1.Fc1ccc(F)c(F)c1. The van der Waals surface area contributed by atoms with E-state index in [9.17, 15) is 13.2 Å². The Balaban J connectivity index is 0.000000302. The highest BCUT2D eigenvalue weighted by atomic mass is 32.2. The van der Waals surface area contributed by atoms with E-state index in [2.05, 4.69) is 33.0 Å². The van der Waals surface area contributed by atoms with Gasteiger partial charge in [0.25, 0.3) is 0 Å². The maximum Gasteiger partial charge on any atom is 0.225 e. The summed E-state index contributed by atoms with van der Waals surface area (Å²) in [6, 6.07) is 2.34. The van der Waals surface area contributed by atoms with Crippen LogP contribution in [0, 0.1) is 29.3 Å². The molecule has 0 saturated carbocycles. The zero-order valence-electron chi connectivity index (χ0n) is 19.8. The second-order valence-electron chi connectivity index (χ2n) is 9.14. The van der Waals surface area contributed by atoms with Crippen LogP contribution in [-0.4, -0.2) is 58.9 Å². The number of piperidine rings is 1. The van der Waals surface area contributed by atoms with E-state index in [1.54, 1.807) is 12.4 Å². The fourth-order valence-corrected chi connectivity index (χ4v) is 4.64. The predicted octanol–water partition coefficient (Wildman–Crippen LogP) is 4.51. The minimum Gasteiger partial charge on any atom is -0.490 e. The molecule has 34 heavy (non-hydrogen) atoms. The second kappa shape index (κ2) is 13.2. The third-order valence-electron chi connectivity index (χ3n) is 5.65. The summed E-state index contributed by atoms with van der Waals surface area (Å²) in [7, 11) is 0. The van der Waals surface area contributed by atoms with Gasteiger partial charge in [0.1, 0.15) is 5.82 Å². The number of hydrogen-bond donors (Lipinski definition) is 1. The molecule has 188 valence electrons. The standard InChI is InChI=1S/C18H31N5OS.C6H3F3/c1-14(2)13-25-23-7-3-15(4-8-23)12-24-17-9-20-18(21-10-17)22-6-5-16(19)11-22;7-4-1-2-5(8)6(9)3-4/h9-10,14-16H,3-8,11-13,19H2,1-2H3;1-3H. The van der Waals surface area contributed by atoms with Crippen molar-refractivity contribution >= 4 is 17.9 Å². The largest absolute Gasteiger partial charge is 0.490 e. The molecule has 0 amide bonds. The van der Waals surface area contributed by atoms with Crippen LogP contribution >= 0.6 is 11.9 Å². The first-order valence-electron chi connectivity index (χ1n) is 11.7. The van der Waals surface area contributed by atoms with Crippen LogP contribution < -0.4 is 15.4 Å². The maximum atomic E-state index is 12.0. The Morgan fingerprint density at radius 3 is 2.32 bits per heavy atom. The Hall–Kier alpha value is -2.04. The number of aromatic nitrogens is 2. The van der Waals surface area contributed by atoms with Gasteiger partial charge < -0.3 is 15.4 Å². The van der Waals surface area contributed by atoms with Gasteiger partial charge in [-0.3, -0.25) is 4.31 Å². The van der Waals surface area contributed by atoms with E-state index in [1.165, 1.54) is 18.6 Å². The number of hydrogen-bond acceptors (Lipinski definition) is 7. The van der Waals surface area contributed by atoms with Gasteiger partial charge in [0, 0.05) is 44.0 Å². The van der Waals surface area contributed by atoms with E-state index < -0.39 is 17.5 Å². The highest BCUT2D eigenvalue weighted by Crippen LogP contribution is 2.25. The van der Waals surface area contributed by atoms with Crippen LogP contribution in [0.1, 0.15) is 33.1 Å². The van der Waals surface area contributed by atoms with Crippen LogP contribution in [0.3, 0.4) is 0 Å². The average Bonchev–Trinajstić information content (AvgIpc) is 3.26. The molecule has 1 aromatic heterocycles. The zero-order valence-corrected chi connectivity index (χ0v) is 20.6. The summed E-state index contributed by atoms with van der Waals surface area (Å²) in [4.78, 5) is 11.0. The van der Waals surface area contributed by atoms with Crippen molar-refractivity contribution in [3.05, 3.63) is 48.0 Å². The highest BCUT2D eigenvalue weighted by molar-refractivity contribution is 7.97. The Bertz CT molecular complexity index is 881. The van der Waals surface area contributed by atoms with Crippen molar-refractivity contribution in [1.29, 1.82) is 0 Å². The summed E-state index contributed by atoms with van der Waals surface area (Å²) in [5.74, 6) is 1.17. The predicted molar refractivity (Wildman–Crippen MR) is 130 cm³/mol. The van der Waals surface area contributed by atoms with E-state index >= 15 is 0 Å².